The summed E-state index contributed by atoms with van der Waals surface area (Å²) in [7, 11) is -10.3. The Balaban J connectivity index is -0.0000000457. The zero-order chi connectivity index (χ0) is 9.00. The van der Waals surface area contributed by atoms with E-state index in [1.807, 2.05) is 0 Å². The Labute approximate surface area is 89.0 Å². The summed E-state index contributed by atoms with van der Waals surface area (Å²) in [6.45, 7) is 0. The Morgan fingerprint density at radius 2 is 0.667 bits per heavy atom. The molecule has 0 aromatic heterocycles. The van der Waals surface area contributed by atoms with Crippen LogP contribution in [0.15, 0.2) is 0 Å². The molecule has 0 fully saturated rings. The number of hydrogen-bond acceptors (Lipinski definition) is 8. The van der Waals surface area contributed by atoms with Crippen LogP contribution in [0.1, 0.15) is 0 Å². The smallest absolute Gasteiger partial charge is 0.759 e. The summed E-state index contributed by atoms with van der Waals surface area (Å²) < 4.78 is 68.2. The average molecular weight is 310 g/mol. The van der Waals surface area contributed by atoms with Crippen LogP contribution in [0, 0.1) is 0 Å². The molecule has 0 rings (SSSR count). The van der Waals surface area contributed by atoms with E-state index < -0.39 is 20.8 Å². The first-order valence-corrected chi connectivity index (χ1v) is 4.00. The van der Waals surface area contributed by atoms with Gasteiger partial charge < -0.3 is 18.2 Å². The Morgan fingerprint density at radius 1 is 0.667 bits per heavy atom. The molecule has 0 aliphatic heterocycles. The molecule has 12 heteroatoms. The molecule has 12 heavy (non-hydrogen) atoms. The van der Waals surface area contributed by atoms with Gasteiger partial charge in [-0.05, 0) is 0 Å². The molecule has 1 radical (unpaired) electrons. The van der Waals surface area contributed by atoms with Crippen LogP contribution < -0.4 is 0 Å². The molecular weight excluding hydrogens is 310 g/mol. The van der Waals surface area contributed by atoms with Crippen LogP contribution in [-0.2, 0) is 54.1 Å². The molecule has 0 aliphatic rings. The van der Waals surface area contributed by atoms with Crippen molar-refractivity contribution in [1.29, 1.82) is 0 Å². The molecule has 0 aromatic rings. The number of hydrogen-bond donors (Lipinski definition) is 0. The van der Waals surface area contributed by atoms with Crippen LogP contribution in [0.3, 0.4) is 0 Å². The predicted molar refractivity (Wildman–Crippen MR) is 20.9 cm³/mol. The molecule has 0 amide bonds. The first kappa shape index (κ1) is 23.0. The molecule has 0 bridgehead atoms. The van der Waals surface area contributed by atoms with E-state index in [1.165, 1.54) is 0 Å². The second-order valence-electron chi connectivity index (χ2n) is 0.816. The van der Waals surface area contributed by atoms with Gasteiger partial charge in [-0.1, -0.05) is 0 Å². The van der Waals surface area contributed by atoms with Crippen molar-refractivity contribution in [3.05, 3.63) is 0 Å². The van der Waals surface area contributed by atoms with Crippen LogP contribution in [0.25, 0.3) is 0 Å². The van der Waals surface area contributed by atoms with Gasteiger partial charge in [-0.15, -0.1) is 0 Å². The first-order valence-electron chi connectivity index (χ1n) is 1.33. The van der Waals surface area contributed by atoms with Gasteiger partial charge >= 0.3 is 33.3 Å². The standard InChI is InChI=1S/Co.Ni.2H2O4S/c;;2*1-5(2,3)4/h;;2*(H2,1,2,3,4)/q2*+2;;/p-4. The summed E-state index contributed by atoms with van der Waals surface area (Å²) in [6.07, 6.45) is 0. The molecule has 0 atom stereocenters. The minimum absolute atomic E-state index is 0. The summed E-state index contributed by atoms with van der Waals surface area (Å²) in [5, 5.41) is 0. The van der Waals surface area contributed by atoms with E-state index in [1.54, 1.807) is 0 Å². The molecule has 79 valence electrons. The summed E-state index contributed by atoms with van der Waals surface area (Å²) >= 11 is 0. The largest absolute Gasteiger partial charge is 2.00 e. The third kappa shape index (κ3) is 1860. The molecule has 0 aromatic carbocycles. The van der Waals surface area contributed by atoms with Crippen molar-refractivity contribution in [2.24, 2.45) is 0 Å². The fourth-order valence-corrected chi connectivity index (χ4v) is 0. The molecule has 0 spiro atoms. The molecule has 0 saturated carbocycles. The SMILES string of the molecule is O=S(=O)([O-])[O-].O=S(=O)([O-])[O-].[Co+2].[Ni+2]. The van der Waals surface area contributed by atoms with Crippen molar-refractivity contribution >= 4 is 20.8 Å². The molecule has 8 nitrogen and oxygen atoms in total. The quantitative estimate of drug-likeness (QED) is 0.265. The van der Waals surface area contributed by atoms with Gasteiger partial charge in [0, 0.05) is 20.8 Å². The van der Waals surface area contributed by atoms with Gasteiger partial charge in [-0.2, -0.15) is 0 Å². The maximum atomic E-state index is 8.52. The van der Waals surface area contributed by atoms with Gasteiger partial charge in [0.2, 0.25) is 0 Å². The van der Waals surface area contributed by atoms with Crippen LogP contribution in [0.4, 0.5) is 0 Å². The normalized spacial score (nSPS) is 9.67. The fourth-order valence-electron chi connectivity index (χ4n) is 0. The van der Waals surface area contributed by atoms with E-state index in [-0.39, 0.29) is 33.3 Å². The minimum atomic E-state index is -5.17. The summed E-state index contributed by atoms with van der Waals surface area (Å²) in [6, 6.07) is 0. The van der Waals surface area contributed by atoms with E-state index in [4.69, 9.17) is 35.0 Å². The van der Waals surface area contributed by atoms with Crippen LogP contribution >= 0.6 is 0 Å². The van der Waals surface area contributed by atoms with Gasteiger partial charge in [0.25, 0.3) is 0 Å². The van der Waals surface area contributed by atoms with E-state index in [0.29, 0.717) is 0 Å². The first-order chi connectivity index (χ1) is 4.00. The summed E-state index contributed by atoms with van der Waals surface area (Å²) in [4.78, 5) is 0. The van der Waals surface area contributed by atoms with Crippen LogP contribution in [0.2, 0.25) is 0 Å². The average Bonchev–Trinajstić information content (AvgIpc) is 1.12. The van der Waals surface area contributed by atoms with E-state index in [2.05, 4.69) is 0 Å². The van der Waals surface area contributed by atoms with E-state index in [9.17, 15) is 0 Å². The van der Waals surface area contributed by atoms with Crippen LogP contribution in [0.5, 0.6) is 0 Å². The molecular formula is CoNiO8S2. The zero-order valence-corrected chi connectivity index (χ0v) is 8.39. The molecule has 0 heterocycles. The van der Waals surface area contributed by atoms with Crippen molar-refractivity contribution in [2.75, 3.05) is 0 Å². The third-order valence-electron chi connectivity index (χ3n) is 0. The maximum Gasteiger partial charge on any atom is 2.00 e. The minimum Gasteiger partial charge on any atom is -0.759 e. The van der Waals surface area contributed by atoms with E-state index in [0.717, 1.165) is 0 Å². The summed E-state index contributed by atoms with van der Waals surface area (Å²) in [5.74, 6) is 0. The topological polar surface area (TPSA) is 161 Å². The third-order valence-corrected chi connectivity index (χ3v) is 0. The van der Waals surface area contributed by atoms with Gasteiger partial charge in [0.1, 0.15) is 0 Å². The molecule has 0 aliphatic carbocycles. The second kappa shape index (κ2) is 8.34. The maximum absolute atomic E-state index is 8.52. The summed E-state index contributed by atoms with van der Waals surface area (Å²) in [5.41, 5.74) is 0. The monoisotopic (exact) mass is 309 g/mol. The van der Waals surface area contributed by atoms with Crippen molar-refractivity contribution < 1.29 is 68.3 Å². The van der Waals surface area contributed by atoms with Crippen molar-refractivity contribution in [2.45, 2.75) is 0 Å². The van der Waals surface area contributed by atoms with Gasteiger partial charge in [-0.3, -0.25) is 16.8 Å². The fraction of sp³-hybridized carbons (Fsp3) is 0. The zero-order valence-electron chi connectivity index (χ0n) is 4.73. The molecule has 0 N–H and O–H groups in total. The predicted octanol–water partition coefficient (Wildman–Crippen LogP) is -2.68. The number of rotatable bonds is 0. The van der Waals surface area contributed by atoms with Gasteiger partial charge in [0.05, 0.1) is 0 Å². The van der Waals surface area contributed by atoms with Gasteiger partial charge in [0.15, 0.2) is 0 Å². The Bertz CT molecular complexity index is 213. The van der Waals surface area contributed by atoms with Crippen molar-refractivity contribution in [3.63, 3.8) is 0 Å². The van der Waals surface area contributed by atoms with Crippen molar-refractivity contribution in [3.8, 4) is 0 Å². The molecule has 0 unspecified atom stereocenters. The van der Waals surface area contributed by atoms with E-state index >= 15 is 0 Å². The Hall–Kier alpha value is 0.740. The Kier molecular flexibility index (Phi) is 16.0. The van der Waals surface area contributed by atoms with Crippen molar-refractivity contribution in [1.82, 2.24) is 0 Å². The van der Waals surface area contributed by atoms with Crippen LogP contribution in [-0.4, -0.2) is 35.0 Å². The van der Waals surface area contributed by atoms with Gasteiger partial charge in [-0.25, -0.2) is 0 Å². The second-order valence-corrected chi connectivity index (χ2v) is 2.45. The Morgan fingerprint density at radius 3 is 0.667 bits per heavy atom. The molecule has 0 saturated heterocycles.